The second-order valence-electron chi connectivity index (χ2n) is 10.5. The van der Waals surface area contributed by atoms with E-state index in [-0.39, 0.29) is 11.3 Å². The van der Waals surface area contributed by atoms with E-state index >= 15 is 0 Å². The Hall–Kier alpha value is -5.92. The number of halogens is 4. The third kappa shape index (κ3) is 6.30. The normalized spacial score (nSPS) is 11.5. The maximum atomic E-state index is 14.9. The minimum atomic E-state index is -4.63. The molecule has 3 heterocycles. The molecule has 3 aromatic carbocycles. The van der Waals surface area contributed by atoms with Gasteiger partial charge in [0.2, 0.25) is 0 Å². The van der Waals surface area contributed by atoms with Gasteiger partial charge < -0.3 is 20.1 Å². The van der Waals surface area contributed by atoms with Crippen molar-refractivity contribution in [3.05, 3.63) is 114 Å². The van der Waals surface area contributed by atoms with E-state index in [1.54, 1.807) is 58.2 Å². The van der Waals surface area contributed by atoms with Crippen molar-refractivity contribution < 1.29 is 31.8 Å². The number of alkyl halides is 3. The van der Waals surface area contributed by atoms with E-state index in [9.17, 15) is 22.4 Å². The monoisotopic (exact) mass is 645 g/mol. The van der Waals surface area contributed by atoms with Gasteiger partial charge in [-0.05, 0) is 55.0 Å². The van der Waals surface area contributed by atoms with Crippen molar-refractivity contribution >= 4 is 23.1 Å². The molecule has 0 radical (unpaired) electrons. The molecule has 47 heavy (non-hydrogen) atoms. The maximum absolute atomic E-state index is 14.9. The Labute approximate surface area is 265 Å². The fourth-order valence-corrected chi connectivity index (χ4v) is 5.06. The number of nitrogens with zero attached hydrogens (tertiary/aromatic N) is 5. The number of amides is 1. The van der Waals surface area contributed by atoms with Crippen molar-refractivity contribution in [2.24, 2.45) is 0 Å². The molecule has 240 valence electrons. The van der Waals surface area contributed by atoms with E-state index in [0.29, 0.717) is 58.1 Å². The summed E-state index contributed by atoms with van der Waals surface area (Å²) in [5, 5.41) is 10.1. The molecule has 1 amide bonds. The Morgan fingerprint density at radius 2 is 1.83 bits per heavy atom. The van der Waals surface area contributed by atoms with Crippen LogP contribution in [0.2, 0.25) is 0 Å². The first-order valence-electron chi connectivity index (χ1n) is 14.2. The second-order valence-corrected chi connectivity index (χ2v) is 10.5. The number of hydrogen-bond donors (Lipinski definition) is 2. The summed E-state index contributed by atoms with van der Waals surface area (Å²) in [5.74, 6) is 0.242. The maximum Gasteiger partial charge on any atom is 0.416 e. The molecule has 0 aliphatic carbocycles. The van der Waals surface area contributed by atoms with Gasteiger partial charge in [-0.3, -0.25) is 9.20 Å². The quantitative estimate of drug-likeness (QED) is 0.164. The molecule has 0 bridgehead atoms. The van der Waals surface area contributed by atoms with Crippen LogP contribution in [-0.4, -0.2) is 44.3 Å². The zero-order valence-corrected chi connectivity index (χ0v) is 25.3. The number of fused-ring (bicyclic) bond motifs is 1. The van der Waals surface area contributed by atoms with Gasteiger partial charge in [0.05, 0.1) is 49.2 Å². The molecule has 14 heteroatoms. The number of ether oxygens (including phenoxy) is 2. The van der Waals surface area contributed by atoms with E-state index in [1.165, 1.54) is 22.9 Å². The van der Waals surface area contributed by atoms with Crippen LogP contribution in [0.15, 0.2) is 85.6 Å². The number of rotatable bonds is 9. The van der Waals surface area contributed by atoms with Gasteiger partial charge in [0, 0.05) is 47.9 Å². The van der Waals surface area contributed by atoms with E-state index in [4.69, 9.17) is 9.47 Å². The summed E-state index contributed by atoms with van der Waals surface area (Å²) in [6, 6.07) is 12.0. The largest absolute Gasteiger partial charge is 0.497 e. The number of carbonyl (C=O) groups excluding carboxylic acids is 1. The SMILES string of the molecule is COc1ccc(CNc2nccn3c(-c4cnn(-c5cc(NC(=O)c6cccc(C(F)(F)F)c6)c(F)cc5C)c4)cnc23)c(OC)c1. The van der Waals surface area contributed by atoms with Crippen molar-refractivity contribution in [1.82, 2.24) is 24.1 Å². The van der Waals surface area contributed by atoms with Crippen LogP contribution in [0.25, 0.3) is 22.6 Å². The Morgan fingerprint density at radius 3 is 2.60 bits per heavy atom. The number of benzene rings is 3. The van der Waals surface area contributed by atoms with E-state index in [2.05, 4.69) is 25.7 Å². The summed E-state index contributed by atoms with van der Waals surface area (Å²) in [4.78, 5) is 21.8. The van der Waals surface area contributed by atoms with Crippen LogP contribution in [0, 0.1) is 12.7 Å². The Kier molecular flexibility index (Phi) is 8.24. The molecule has 0 atom stereocenters. The highest BCUT2D eigenvalue weighted by atomic mass is 19.4. The fraction of sp³-hybridized carbons (Fsp3) is 0.152. The average molecular weight is 646 g/mol. The number of nitrogens with one attached hydrogen (secondary N) is 2. The molecule has 0 fully saturated rings. The van der Waals surface area contributed by atoms with Gasteiger partial charge in [-0.25, -0.2) is 19.0 Å². The van der Waals surface area contributed by atoms with Gasteiger partial charge in [0.1, 0.15) is 17.3 Å². The van der Waals surface area contributed by atoms with Crippen molar-refractivity contribution in [2.75, 3.05) is 24.9 Å². The van der Waals surface area contributed by atoms with Crippen molar-refractivity contribution in [3.8, 4) is 28.4 Å². The number of anilines is 2. The molecular formula is C33H27F4N7O3. The van der Waals surface area contributed by atoms with Crippen LogP contribution in [-0.2, 0) is 12.7 Å². The molecule has 0 unspecified atom stereocenters. The molecule has 0 aliphatic rings. The fourth-order valence-electron chi connectivity index (χ4n) is 5.06. The highest BCUT2D eigenvalue weighted by Gasteiger charge is 2.31. The van der Waals surface area contributed by atoms with Gasteiger partial charge in [-0.1, -0.05) is 6.07 Å². The lowest BCUT2D eigenvalue weighted by Gasteiger charge is -2.13. The predicted molar refractivity (Wildman–Crippen MR) is 167 cm³/mol. The highest BCUT2D eigenvalue weighted by molar-refractivity contribution is 6.04. The van der Waals surface area contributed by atoms with Crippen molar-refractivity contribution in [3.63, 3.8) is 0 Å². The van der Waals surface area contributed by atoms with Crippen LogP contribution in [0.4, 0.5) is 29.1 Å². The van der Waals surface area contributed by atoms with Crippen LogP contribution in [0.1, 0.15) is 27.0 Å². The molecule has 6 aromatic rings. The van der Waals surface area contributed by atoms with Crippen LogP contribution in [0.3, 0.4) is 0 Å². The smallest absolute Gasteiger partial charge is 0.416 e. The van der Waals surface area contributed by atoms with Gasteiger partial charge >= 0.3 is 6.18 Å². The van der Waals surface area contributed by atoms with E-state index in [0.717, 1.165) is 17.7 Å². The number of aromatic nitrogens is 5. The Morgan fingerprint density at radius 1 is 1.00 bits per heavy atom. The molecule has 0 spiro atoms. The summed E-state index contributed by atoms with van der Waals surface area (Å²) in [7, 11) is 3.17. The topological polar surface area (TPSA) is 108 Å². The van der Waals surface area contributed by atoms with Gasteiger partial charge in [0.25, 0.3) is 5.91 Å². The molecule has 2 N–H and O–H groups in total. The van der Waals surface area contributed by atoms with Crippen LogP contribution in [0.5, 0.6) is 11.5 Å². The Bertz CT molecular complexity index is 2110. The molecule has 3 aromatic heterocycles. The first kappa shape index (κ1) is 31.1. The third-order valence-corrected chi connectivity index (χ3v) is 7.48. The van der Waals surface area contributed by atoms with Gasteiger partial charge in [-0.15, -0.1) is 0 Å². The zero-order chi connectivity index (χ0) is 33.3. The standard InChI is InChI=1S/C33H27F4N7O3/c1-19-11-25(34)26(42-32(45)20-5-4-6-23(12-20)33(35,36)37)14-27(19)44-18-22(16-41-44)28-17-40-31-30(38-9-10-43(28)31)39-15-21-7-8-24(46-2)13-29(21)47-3/h4-14,16-18H,15H2,1-3H3,(H,38,39)(H,42,45). The molecular weight excluding hydrogens is 618 g/mol. The summed E-state index contributed by atoms with van der Waals surface area (Å²) in [6.45, 7) is 2.09. The molecule has 0 saturated carbocycles. The lowest BCUT2D eigenvalue weighted by atomic mass is 10.1. The summed E-state index contributed by atoms with van der Waals surface area (Å²) in [6.07, 6.45) is 3.78. The van der Waals surface area contributed by atoms with Crippen LogP contribution >= 0.6 is 0 Å². The first-order chi connectivity index (χ1) is 22.5. The number of imidazole rings is 1. The number of hydrogen-bond acceptors (Lipinski definition) is 7. The summed E-state index contributed by atoms with van der Waals surface area (Å²) in [5.41, 5.74) is 2.35. The van der Waals surface area contributed by atoms with Crippen LogP contribution < -0.4 is 20.1 Å². The Balaban J connectivity index is 1.25. The molecule has 6 rings (SSSR count). The lowest BCUT2D eigenvalue weighted by molar-refractivity contribution is -0.137. The minimum absolute atomic E-state index is 0.213. The predicted octanol–water partition coefficient (Wildman–Crippen LogP) is 6.93. The summed E-state index contributed by atoms with van der Waals surface area (Å²) < 4.78 is 68.5. The number of aryl methyl sites for hydroxylation is 1. The minimum Gasteiger partial charge on any atom is -0.497 e. The van der Waals surface area contributed by atoms with Gasteiger partial charge in [-0.2, -0.15) is 18.3 Å². The van der Waals surface area contributed by atoms with Crippen molar-refractivity contribution in [2.45, 2.75) is 19.6 Å². The van der Waals surface area contributed by atoms with E-state index in [1.807, 2.05) is 16.5 Å². The number of carbonyl (C=O) groups is 1. The molecule has 10 nitrogen and oxygen atoms in total. The number of methoxy groups -OCH3 is 2. The third-order valence-electron chi connectivity index (χ3n) is 7.48. The second kappa shape index (κ2) is 12.5. The molecule has 0 saturated heterocycles. The van der Waals surface area contributed by atoms with E-state index < -0.39 is 23.5 Å². The first-order valence-corrected chi connectivity index (χ1v) is 14.2. The van der Waals surface area contributed by atoms with Gasteiger partial charge in [0.15, 0.2) is 11.5 Å². The van der Waals surface area contributed by atoms with Crippen molar-refractivity contribution in [1.29, 1.82) is 0 Å². The molecule has 0 aliphatic heterocycles. The average Bonchev–Trinajstić information content (AvgIpc) is 3.72. The summed E-state index contributed by atoms with van der Waals surface area (Å²) >= 11 is 0. The lowest BCUT2D eigenvalue weighted by Crippen LogP contribution is -2.15. The zero-order valence-electron chi connectivity index (χ0n) is 25.3. The highest BCUT2D eigenvalue weighted by Crippen LogP contribution is 2.31.